The van der Waals surface area contributed by atoms with Gasteiger partial charge in [-0.2, -0.15) is 8.75 Å². The van der Waals surface area contributed by atoms with Gasteiger partial charge in [-0.05, 0) is 13.8 Å². The van der Waals surface area contributed by atoms with E-state index < -0.39 is 41.6 Å². The van der Waals surface area contributed by atoms with Crippen molar-refractivity contribution in [1.29, 1.82) is 0 Å². The van der Waals surface area contributed by atoms with Crippen molar-refractivity contribution >= 4 is 22.9 Å². The highest BCUT2D eigenvalue weighted by molar-refractivity contribution is 7.00. The van der Waals surface area contributed by atoms with Crippen LogP contribution in [-0.4, -0.2) is 54.1 Å². The zero-order chi connectivity index (χ0) is 16.4. The molecule has 0 aliphatic carbocycles. The molecule has 2 aliphatic rings. The lowest BCUT2D eigenvalue weighted by molar-refractivity contribution is -0.200. The Hall–Kier alpha value is -1.66. The van der Waals surface area contributed by atoms with E-state index in [1.165, 1.54) is 4.57 Å². The molecule has 124 valence electrons. The van der Waals surface area contributed by atoms with Crippen LogP contribution in [0.2, 0.25) is 0 Å². The number of nitrogens with one attached hydrogen (secondary N) is 1. The van der Waals surface area contributed by atoms with E-state index in [4.69, 9.17) is 14.2 Å². The molecule has 10 nitrogen and oxygen atoms in total. The monoisotopic (exact) mass is 342 g/mol. The average Bonchev–Trinajstić information content (AvgIpc) is 3.13. The summed E-state index contributed by atoms with van der Waals surface area (Å²) in [5.74, 6) is -0.865. The summed E-state index contributed by atoms with van der Waals surface area (Å²) >= 11 is 0.824. The zero-order valence-corrected chi connectivity index (χ0v) is 13.1. The summed E-state index contributed by atoms with van der Waals surface area (Å²) in [6.45, 7) is 3.20. The van der Waals surface area contributed by atoms with Crippen LogP contribution in [0.1, 0.15) is 20.1 Å². The standard InChI is InChI=1S/C12H14N4O6S/c1-12(2)21-6-4(3-17)20-10(7(6)22-12)16-8-5(14-23-15-8)9(18)13-11(16)19/h4,6-7,10,17H,3H2,1-2H3,(H,13,18,19)/t4-,6?,7?,10-/m1/s1. The second-order valence-electron chi connectivity index (χ2n) is 5.88. The number of H-pyrrole nitrogens is 1. The largest absolute Gasteiger partial charge is 0.394 e. The second kappa shape index (κ2) is 4.92. The summed E-state index contributed by atoms with van der Waals surface area (Å²) in [5, 5.41) is 9.50. The molecule has 2 fully saturated rings. The molecule has 2 saturated heterocycles. The molecule has 4 rings (SSSR count). The van der Waals surface area contributed by atoms with Crippen LogP contribution in [0.15, 0.2) is 9.59 Å². The van der Waals surface area contributed by atoms with E-state index in [2.05, 4.69) is 13.7 Å². The van der Waals surface area contributed by atoms with Gasteiger partial charge in [-0.3, -0.25) is 9.78 Å². The van der Waals surface area contributed by atoms with Gasteiger partial charge in [0.25, 0.3) is 5.56 Å². The van der Waals surface area contributed by atoms with Crippen LogP contribution in [0.3, 0.4) is 0 Å². The average molecular weight is 342 g/mol. The van der Waals surface area contributed by atoms with Gasteiger partial charge in [0.05, 0.1) is 18.3 Å². The van der Waals surface area contributed by atoms with Gasteiger partial charge in [-0.1, -0.05) is 0 Å². The molecule has 2 N–H and O–H groups in total. The third-order valence-electron chi connectivity index (χ3n) is 3.91. The van der Waals surface area contributed by atoms with Gasteiger partial charge in [0.1, 0.15) is 18.3 Å². The Balaban J connectivity index is 1.87. The number of nitrogens with zero attached hydrogens (tertiary/aromatic N) is 3. The minimum absolute atomic E-state index is 0.0559. The molecule has 0 spiro atoms. The van der Waals surface area contributed by atoms with Crippen molar-refractivity contribution in [1.82, 2.24) is 18.3 Å². The van der Waals surface area contributed by atoms with E-state index in [9.17, 15) is 14.7 Å². The first-order valence-corrected chi connectivity index (χ1v) is 7.73. The lowest BCUT2D eigenvalue weighted by atomic mass is 10.1. The minimum atomic E-state index is -0.880. The molecule has 0 amide bonds. The molecule has 2 aromatic heterocycles. The number of rotatable bonds is 2. The van der Waals surface area contributed by atoms with Crippen molar-refractivity contribution in [3.05, 3.63) is 20.8 Å². The Morgan fingerprint density at radius 3 is 2.78 bits per heavy atom. The van der Waals surface area contributed by atoms with Crippen LogP contribution in [0.25, 0.3) is 11.2 Å². The van der Waals surface area contributed by atoms with Crippen LogP contribution in [0, 0.1) is 0 Å². The Morgan fingerprint density at radius 1 is 1.30 bits per heavy atom. The fraction of sp³-hybridized carbons (Fsp3) is 0.667. The molecular weight excluding hydrogens is 328 g/mol. The Kier molecular flexibility index (Phi) is 3.19. The highest BCUT2D eigenvalue weighted by Gasteiger charge is 2.56. The number of ether oxygens (including phenoxy) is 3. The fourth-order valence-corrected chi connectivity index (χ4v) is 3.59. The normalized spacial score (nSPS) is 32.5. The van der Waals surface area contributed by atoms with Crippen molar-refractivity contribution in [3.8, 4) is 0 Å². The van der Waals surface area contributed by atoms with Gasteiger partial charge in [0.2, 0.25) is 0 Å². The number of aliphatic hydroxyl groups is 1. The lowest BCUT2D eigenvalue weighted by Crippen LogP contribution is -2.38. The maximum atomic E-state index is 12.3. The number of hydrogen-bond donors (Lipinski definition) is 2. The molecule has 11 heteroatoms. The first-order valence-electron chi connectivity index (χ1n) is 7.00. The van der Waals surface area contributed by atoms with E-state index >= 15 is 0 Å². The van der Waals surface area contributed by atoms with Crippen molar-refractivity contribution in [2.45, 2.75) is 44.2 Å². The predicted molar refractivity (Wildman–Crippen MR) is 77.1 cm³/mol. The van der Waals surface area contributed by atoms with Gasteiger partial charge in [0, 0.05) is 0 Å². The van der Waals surface area contributed by atoms with E-state index in [0.29, 0.717) is 0 Å². The first-order chi connectivity index (χ1) is 10.9. The van der Waals surface area contributed by atoms with E-state index in [0.717, 1.165) is 11.7 Å². The fourth-order valence-electron chi connectivity index (χ4n) is 3.05. The Bertz CT molecular complexity index is 872. The molecule has 0 radical (unpaired) electrons. The molecular formula is C12H14N4O6S. The van der Waals surface area contributed by atoms with Crippen molar-refractivity contribution in [2.24, 2.45) is 0 Å². The Labute approximate surface area is 132 Å². The zero-order valence-electron chi connectivity index (χ0n) is 12.3. The Morgan fingerprint density at radius 2 is 2.04 bits per heavy atom. The molecule has 2 unspecified atom stereocenters. The molecule has 4 heterocycles. The number of aromatic amines is 1. The van der Waals surface area contributed by atoms with Gasteiger partial charge in [-0.25, -0.2) is 9.36 Å². The number of aliphatic hydroxyl groups excluding tert-OH is 1. The van der Waals surface area contributed by atoms with Crippen molar-refractivity contribution in [3.63, 3.8) is 0 Å². The molecule has 0 aromatic carbocycles. The third kappa shape index (κ3) is 2.16. The van der Waals surface area contributed by atoms with Gasteiger partial charge in [-0.15, -0.1) is 0 Å². The SMILES string of the molecule is CC1(C)OC2C(O1)[C@@H](CO)O[C@H]2n1c(=O)[nH]c(=O)c2nsnc21. The number of hydrogen-bond acceptors (Lipinski definition) is 9. The summed E-state index contributed by atoms with van der Waals surface area (Å²) in [6, 6.07) is 0. The number of fused-ring (bicyclic) bond motifs is 2. The maximum absolute atomic E-state index is 12.3. The van der Waals surface area contributed by atoms with Gasteiger partial charge < -0.3 is 19.3 Å². The summed E-state index contributed by atoms with van der Waals surface area (Å²) < 4.78 is 26.4. The second-order valence-corrected chi connectivity index (χ2v) is 6.41. The van der Waals surface area contributed by atoms with Crippen LogP contribution >= 0.6 is 11.7 Å². The number of aromatic nitrogens is 4. The molecule has 4 atom stereocenters. The van der Waals surface area contributed by atoms with Crippen LogP contribution in [0.4, 0.5) is 0 Å². The van der Waals surface area contributed by atoms with Crippen molar-refractivity contribution in [2.75, 3.05) is 6.61 Å². The minimum Gasteiger partial charge on any atom is -0.394 e. The van der Waals surface area contributed by atoms with Gasteiger partial charge >= 0.3 is 5.69 Å². The third-order valence-corrected chi connectivity index (χ3v) is 4.43. The smallest absolute Gasteiger partial charge is 0.332 e. The molecule has 0 bridgehead atoms. The topological polar surface area (TPSA) is 129 Å². The molecule has 2 aromatic rings. The summed E-state index contributed by atoms with van der Waals surface area (Å²) in [7, 11) is 0. The maximum Gasteiger partial charge on any atom is 0.332 e. The first kappa shape index (κ1) is 14.9. The highest BCUT2D eigenvalue weighted by atomic mass is 32.1. The van der Waals surface area contributed by atoms with E-state index in [1.54, 1.807) is 13.8 Å². The summed E-state index contributed by atoms with van der Waals surface area (Å²) in [4.78, 5) is 26.3. The van der Waals surface area contributed by atoms with Gasteiger partial charge in [0.15, 0.2) is 23.2 Å². The summed E-state index contributed by atoms with van der Waals surface area (Å²) in [5.41, 5.74) is -1.10. The predicted octanol–water partition coefficient (Wildman–Crippen LogP) is -1.05. The summed E-state index contributed by atoms with van der Waals surface area (Å²) in [6.07, 6.45) is -2.67. The highest BCUT2D eigenvalue weighted by Crippen LogP contribution is 2.42. The lowest BCUT2D eigenvalue weighted by Gasteiger charge is -2.24. The quantitative estimate of drug-likeness (QED) is 0.707. The van der Waals surface area contributed by atoms with Crippen LogP contribution in [-0.2, 0) is 14.2 Å². The van der Waals surface area contributed by atoms with Crippen molar-refractivity contribution < 1.29 is 19.3 Å². The molecule has 23 heavy (non-hydrogen) atoms. The molecule has 0 saturated carbocycles. The molecule has 2 aliphatic heterocycles. The van der Waals surface area contributed by atoms with Crippen LogP contribution in [0.5, 0.6) is 0 Å². The van der Waals surface area contributed by atoms with E-state index in [1.807, 2.05) is 0 Å². The van der Waals surface area contributed by atoms with E-state index in [-0.39, 0.29) is 17.8 Å². The van der Waals surface area contributed by atoms with Crippen LogP contribution < -0.4 is 11.2 Å².